The Kier molecular flexibility index (Phi) is 3.18. The largest absolute Gasteiger partial charge is 0.309 e. The van der Waals surface area contributed by atoms with Crippen LogP contribution in [0.25, 0.3) is 11.6 Å². The molecule has 0 N–H and O–H groups in total. The molecule has 18 heavy (non-hydrogen) atoms. The highest BCUT2D eigenvalue weighted by atomic mass is 32.1. The Hall–Kier alpha value is -1.19. The quantitative estimate of drug-likeness (QED) is 0.813. The smallest absolute Gasteiger partial charge is 0.0939 e. The summed E-state index contributed by atoms with van der Waals surface area (Å²) in [6.07, 6.45) is 12.2. The summed E-state index contributed by atoms with van der Waals surface area (Å²) < 4.78 is 1.36. The van der Waals surface area contributed by atoms with Crippen molar-refractivity contribution in [3.05, 3.63) is 38.7 Å². The molecule has 94 valence electrons. The van der Waals surface area contributed by atoms with Gasteiger partial charge in [-0.15, -0.1) is 11.3 Å². The lowest BCUT2D eigenvalue weighted by Gasteiger charge is -2.07. The van der Waals surface area contributed by atoms with Crippen molar-refractivity contribution in [2.24, 2.45) is 0 Å². The van der Waals surface area contributed by atoms with E-state index in [4.69, 9.17) is 4.98 Å². The lowest BCUT2D eigenvalue weighted by molar-refractivity contribution is 0.400. The van der Waals surface area contributed by atoms with Gasteiger partial charge in [0.2, 0.25) is 0 Å². The van der Waals surface area contributed by atoms with Gasteiger partial charge in [-0.05, 0) is 50.7 Å². The molecule has 1 heterocycles. The van der Waals surface area contributed by atoms with Crippen LogP contribution in [-0.4, -0.2) is 30.5 Å². The number of aromatic nitrogens is 1. The zero-order valence-corrected chi connectivity index (χ0v) is 11.8. The first-order valence-corrected chi connectivity index (χ1v) is 7.28. The van der Waals surface area contributed by atoms with Gasteiger partial charge in [-0.2, -0.15) is 0 Å². The number of hydrogen-bond acceptors (Lipinski definition) is 3. The molecule has 0 saturated carbocycles. The summed E-state index contributed by atoms with van der Waals surface area (Å²) in [5.74, 6) is 0. The van der Waals surface area contributed by atoms with Crippen molar-refractivity contribution in [1.82, 2.24) is 9.88 Å². The molecular weight excluding hydrogens is 240 g/mol. The maximum absolute atomic E-state index is 4.83. The summed E-state index contributed by atoms with van der Waals surface area (Å²) in [5, 5.41) is 2.54. The monoisotopic (exact) mass is 258 g/mol. The van der Waals surface area contributed by atoms with Crippen LogP contribution >= 0.6 is 11.3 Å². The molecule has 0 fully saturated rings. The lowest BCUT2D eigenvalue weighted by Crippen LogP contribution is -2.19. The number of nitrogens with zero attached hydrogens (tertiary/aromatic N) is 2. The lowest BCUT2D eigenvalue weighted by atomic mass is 10.0. The van der Waals surface area contributed by atoms with Crippen LogP contribution in [0, 0.1) is 0 Å². The number of aryl methyl sites for hydroxylation is 1. The molecule has 0 amide bonds. The van der Waals surface area contributed by atoms with E-state index in [1.165, 1.54) is 32.5 Å². The molecule has 0 aromatic carbocycles. The van der Waals surface area contributed by atoms with E-state index in [1.807, 2.05) is 11.3 Å². The van der Waals surface area contributed by atoms with Crippen LogP contribution in [-0.2, 0) is 6.42 Å². The average molecular weight is 258 g/mol. The summed E-state index contributed by atoms with van der Waals surface area (Å²) in [6.45, 7) is 1.14. The van der Waals surface area contributed by atoms with E-state index in [9.17, 15) is 0 Å². The number of rotatable bonds is 4. The maximum Gasteiger partial charge on any atom is 0.0939 e. The van der Waals surface area contributed by atoms with Crippen LogP contribution in [0.3, 0.4) is 0 Å². The fourth-order valence-corrected chi connectivity index (χ4v) is 3.52. The molecule has 0 radical (unpaired) electrons. The van der Waals surface area contributed by atoms with E-state index in [2.05, 4.69) is 43.3 Å². The van der Waals surface area contributed by atoms with Gasteiger partial charge < -0.3 is 4.90 Å². The molecule has 0 atom stereocenters. The van der Waals surface area contributed by atoms with E-state index in [1.54, 1.807) is 0 Å². The highest BCUT2D eigenvalue weighted by Crippen LogP contribution is 2.23. The SMILES string of the molecule is CN(C)CCCc1nc2c(s1)=CC1=CC=CCC=21. The molecule has 3 rings (SSSR count). The van der Waals surface area contributed by atoms with Gasteiger partial charge in [0.25, 0.3) is 0 Å². The molecule has 0 saturated heterocycles. The van der Waals surface area contributed by atoms with Gasteiger partial charge in [0, 0.05) is 6.42 Å². The third-order valence-electron chi connectivity index (χ3n) is 3.35. The topological polar surface area (TPSA) is 16.1 Å². The van der Waals surface area contributed by atoms with Crippen molar-refractivity contribution < 1.29 is 0 Å². The van der Waals surface area contributed by atoms with Crippen molar-refractivity contribution >= 4 is 23.0 Å². The van der Waals surface area contributed by atoms with Gasteiger partial charge in [0.05, 0.1) is 14.9 Å². The average Bonchev–Trinajstić information content (AvgIpc) is 2.85. The zero-order valence-electron chi connectivity index (χ0n) is 10.9. The second-order valence-corrected chi connectivity index (χ2v) is 6.22. The van der Waals surface area contributed by atoms with Gasteiger partial charge in [0.1, 0.15) is 0 Å². The van der Waals surface area contributed by atoms with Crippen LogP contribution in [0.2, 0.25) is 0 Å². The van der Waals surface area contributed by atoms with E-state index in [-0.39, 0.29) is 0 Å². The Morgan fingerprint density at radius 1 is 1.39 bits per heavy atom. The molecule has 0 unspecified atom stereocenters. The summed E-state index contributed by atoms with van der Waals surface area (Å²) in [5.41, 5.74) is 2.79. The second-order valence-electron chi connectivity index (χ2n) is 5.10. The van der Waals surface area contributed by atoms with Crippen molar-refractivity contribution in [2.45, 2.75) is 19.3 Å². The van der Waals surface area contributed by atoms with E-state index in [0.29, 0.717) is 0 Å². The minimum Gasteiger partial charge on any atom is -0.309 e. The highest BCUT2D eigenvalue weighted by molar-refractivity contribution is 7.09. The predicted octanol–water partition coefficient (Wildman–Crippen LogP) is 1.47. The third kappa shape index (κ3) is 2.20. The standard InChI is InChI=1S/C15H18N2S/c1-17(2)9-5-8-14-16-15-12-7-4-3-6-11(12)10-13(15)18-14/h3-4,6,10H,5,7-9H2,1-2H3. The fourth-order valence-electron chi connectivity index (χ4n) is 2.43. The summed E-state index contributed by atoms with van der Waals surface area (Å²) in [4.78, 5) is 7.06. The van der Waals surface area contributed by atoms with Crippen molar-refractivity contribution in [3.63, 3.8) is 0 Å². The number of thiazole rings is 1. The molecule has 0 spiro atoms. The highest BCUT2D eigenvalue weighted by Gasteiger charge is 2.15. The molecule has 3 heteroatoms. The van der Waals surface area contributed by atoms with Crippen LogP contribution in [0.15, 0.2) is 23.8 Å². The Balaban J connectivity index is 1.82. The second kappa shape index (κ2) is 4.82. The van der Waals surface area contributed by atoms with Gasteiger partial charge in [-0.3, -0.25) is 0 Å². The minimum atomic E-state index is 1.04. The van der Waals surface area contributed by atoms with E-state index < -0.39 is 0 Å². The zero-order chi connectivity index (χ0) is 12.5. The van der Waals surface area contributed by atoms with Crippen molar-refractivity contribution in [2.75, 3.05) is 20.6 Å². The van der Waals surface area contributed by atoms with Gasteiger partial charge in [-0.25, -0.2) is 4.98 Å². The minimum absolute atomic E-state index is 1.04. The van der Waals surface area contributed by atoms with Crippen molar-refractivity contribution in [1.29, 1.82) is 0 Å². The Morgan fingerprint density at radius 2 is 2.28 bits per heavy atom. The first-order chi connectivity index (χ1) is 8.74. The van der Waals surface area contributed by atoms with Crippen LogP contribution in [0.5, 0.6) is 0 Å². The molecule has 1 aromatic rings. The fraction of sp³-hybridized carbons (Fsp3) is 0.400. The number of hydrogen-bond donors (Lipinski definition) is 0. The first-order valence-electron chi connectivity index (χ1n) is 6.46. The van der Waals surface area contributed by atoms with Gasteiger partial charge >= 0.3 is 0 Å². The number of allylic oxidation sites excluding steroid dienone is 4. The molecule has 2 nitrogen and oxygen atoms in total. The first kappa shape index (κ1) is 11.9. The van der Waals surface area contributed by atoms with E-state index >= 15 is 0 Å². The van der Waals surface area contributed by atoms with E-state index in [0.717, 1.165) is 19.4 Å². The van der Waals surface area contributed by atoms with Crippen LogP contribution in [0.4, 0.5) is 0 Å². The summed E-state index contributed by atoms with van der Waals surface area (Å²) in [6, 6.07) is 0. The van der Waals surface area contributed by atoms with Gasteiger partial charge in [-0.1, -0.05) is 18.2 Å². The Labute approximate surface area is 112 Å². The third-order valence-corrected chi connectivity index (χ3v) is 4.41. The maximum atomic E-state index is 4.83. The molecule has 1 aromatic heterocycles. The molecule has 0 bridgehead atoms. The summed E-state index contributed by atoms with van der Waals surface area (Å²) >= 11 is 1.87. The summed E-state index contributed by atoms with van der Waals surface area (Å²) in [7, 11) is 4.24. The van der Waals surface area contributed by atoms with Crippen molar-refractivity contribution in [3.8, 4) is 0 Å². The predicted molar refractivity (Wildman–Crippen MR) is 78.0 cm³/mol. The van der Waals surface area contributed by atoms with Crippen LogP contribution < -0.4 is 9.88 Å². The van der Waals surface area contributed by atoms with Crippen LogP contribution in [0.1, 0.15) is 17.8 Å². The normalized spacial score (nSPS) is 16.6. The Bertz CT molecular complexity index is 632. The Morgan fingerprint density at radius 3 is 3.11 bits per heavy atom. The molecule has 0 aliphatic heterocycles. The number of fused-ring (bicyclic) bond motifs is 2. The molecular formula is C15H18N2S. The van der Waals surface area contributed by atoms with Gasteiger partial charge in [0.15, 0.2) is 0 Å². The molecule has 2 aliphatic rings. The molecule has 2 aliphatic carbocycles.